The monoisotopic (exact) mass is 205 g/mol. The van der Waals surface area contributed by atoms with Gasteiger partial charge in [0.15, 0.2) is 0 Å². The van der Waals surface area contributed by atoms with Gasteiger partial charge in [-0.05, 0) is 24.6 Å². The van der Waals surface area contributed by atoms with Crippen LogP contribution in [-0.2, 0) is 0 Å². The van der Waals surface area contributed by atoms with Crippen molar-refractivity contribution >= 4 is 11.6 Å². The smallest absolute Gasteiger partial charge is 0.134 e. The van der Waals surface area contributed by atoms with E-state index in [1.165, 1.54) is 0 Å². The van der Waals surface area contributed by atoms with Crippen LogP contribution in [0.1, 0.15) is 17.5 Å². The second-order valence-electron chi connectivity index (χ2n) is 2.76. The standard InChI is InChI=1S/C11H8ClNO/c1-8-6-10(12)7-9(11(8)14)4-2-3-5-13/h6-7,14H,3H2,1H3. The lowest BCUT2D eigenvalue weighted by molar-refractivity contribution is 0.469. The Bertz CT molecular complexity index is 449. The average Bonchev–Trinajstić information content (AvgIpc) is 2.13. The van der Waals surface area contributed by atoms with Crippen molar-refractivity contribution in [3.05, 3.63) is 28.3 Å². The first-order valence-electron chi connectivity index (χ1n) is 4.00. The third-order valence-electron chi connectivity index (χ3n) is 1.66. The van der Waals surface area contributed by atoms with Gasteiger partial charge in [-0.3, -0.25) is 0 Å². The van der Waals surface area contributed by atoms with Gasteiger partial charge in [-0.2, -0.15) is 5.26 Å². The van der Waals surface area contributed by atoms with Crippen LogP contribution in [0.4, 0.5) is 0 Å². The van der Waals surface area contributed by atoms with Crippen LogP contribution in [0.2, 0.25) is 5.02 Å². The molecule has 0 aromatic heterocycles. The van der Waals surface area contributed by atoms with E-state index in [9.17, 15) is 5.11 Å². The minimum absolute atomic E-state index is 0.125. The SMILES string of the molecule is Cc1cc(Cl)cc(C#CCC#N)c1O. The minimum Gasteiger partial charge on any atom is -0.506 e. The van der Waals surface area contributed by atoms with Gasteiger partial charge in [0.05, 0.1) is 18.1 Å². The first kappa shape index (κ1) is 10.4. The number of aryl methyl sites for hydroxylation is 1. The average molecular weight is 206 g/mol. The fraction of sp³-hybridized carbons (Fsp3) is 0.182. The predicted octanol–water partition coefficient (Wildman–Crippen LogP) is 2.62. The van der Waals surface area contributed by atoms with Crippen LogP contribution in [0.15, 0.2) is 12.1 Å². The van der Waals surface area contributed by atoms with Gasteiger partial charge < -0.3 is 5.11 Å². The van der Waals surface area contributed by atoms with Crippen molar-refractivity contribution in [2.24, 2.45) is 0 Å². The number of nitrogens with zero attached hydrogens (tertiary/aromatic N) is 1. The normalized spacial score (nSPS) is 8.64. The van der Waals surface area contributed by atoms with Gasteiger partial charge in [0.1, 0.15) is 5.75 Å². The van der Waals surface area contributed by atoms with Gasteiger partial charge in [-0.25, -0.2) is 0 Å². The molecule has 0 amide bonds. The van der Waals surface area contributed by atoms with Crippen LogP contribution >= 0.6 is 11.6 Å². The Hall–Kier alpha value is -1.64. The molecule has 1 aromatic rings. The maximum Gasteiger partial charge on any atom is 0.134 e. The number of aromatic hydroxyl groups is 1. The molecule has 0 fully saturated rings. The van der Waals surface area contributed by atoms with E-state index in [0.717, 1.165) is 0 Å². The lowest BCUT2D eigenvalue weighted by atomic mass is 10.1. The Balaban J connectivity index is 3.11. The van der Waals surface area contributed by atoms with E-state index in [1.807, 2.05) is 6.07 Å². The highest BCUT2D eigenvalue weighted by molar-refractivity contribution is 6.30. The Morgan fingerprint density at radius 2 is 2.21 bits per heavy atom. The predicted molar refractivity (Wildman–Crippen MR) is 55.0 cm³/mol. The number of hydrogen-bond donors (Lipinski definition) is 1. The van der Waals surface area contributed by atoms with Crippen molar-refractivity contribution in [3.63, 3.8) is 0 Å². The van der Waals surface area contributed by atoms with E-state index >= 15 is 0 Å². The first-order valence-corrected chi connectivity index (χ1v) is 4.38. The molecule has 0 bridgehead atoms. The van der Waals surface area contributed by atoms with Crippen molar-refractivity contribution in [1.82, 2.24) is 0 Å². The Kier molecular flexibility index (Phi) is 3.40. The summed E-state index contributed by atoms with van der Waals surface area (Å²) in [7, 11) is 0. The number of nitriles is 1. The van der Waals surface area contributed by atoms with Crippen molar-refractivity contribution in [2.45, 2.75) is 13.3 Å². The number of rotatable bonds is 0. The van der Waals surface area contributed by atoms with Gasteiger partial charge in [-0.1, -0.05) is 23.4 Å². The van der Waals surface area contributed by atoms with Crippen LogP contribution in [0.25, 0.3) is 0 Å². The molecule has 0 aliphatic carbocycles. The molecule has 1 rings (SSSR count). The van der Waals surface area contributed by atoms with Crippen molar-refractivity contribution in [3.8, 4) is 23.7 Å². The fourth-order valence-electron chi connectivity index (χ4n) is 1.01. The molecule has 0 atom stereocenters. The molecule has 14 heavy (non-hydrogen) atoms. The van der Waals surface area contributed by atoms with Crippen molar-refractivity contribution in [2.75, 3.05) is 0 Å². The van der Waals surface area contributed by atoms with E-state index in [1.54, 1.807) is 19.1 Å². The number of benzene rings is 1. The molecule has 0 radical (unpaired) electrons. The quantitative estimate of drug-likeness (QED) is 0.662. The van der Waals surface area contributed by atoms with E-state index in [2.05, 4.69) is 11.8 Å². The highest BCUT2D eigenvalue weighted by atomic mass is 35.5. The molecule has 3 heteroatoms. The number of hydrogen-bond acceptors (Lipinski definition) is 2. The Morgan fingerprint density at radius 1 is 1.50 bits per heavy atom. The molecular weight excluding hydrogens is 198 g/mol. The zero-order chi connectivity index (χ0) is 10.6. The summed E-state index contributed by atoms with van der Waals surface area (Å²) in [5.74, 6) is 5.43. The third kappa shape index (κ3) is 2.42. The molecule has 0 spiro atoms. The Morgan fingerprint density at radius 3 is 2.86 bits per heavy atom. The molecule has 1 aromatic carbocycles. The molecule has 0 heterocycles. The molecule has 70 valence electrons. The second-order valence-corrected chi connectivity index (χ2v) is 3.19. The molecule has 1 N–H and O–H groups in total. The Labute approximate surface area is 87.7 Å². The van der Waals surface area contributed by atoms with Crippen LogP contribution in [0.3, 0.4) is 0 Å². The minimum atomic E-state index is 0.125. The van der Waals surface area contributed by atoms with E-state index in [4.69, 9.17) is 16.9 Å². The summed E-state index contributed by atoms with van der Waals surface area (Å²) in [5, 5.41) is 18.4. The van der Waals surface area contributed by atoms with Crippen LogP contribution in [0.5, 0.6) is 5.75 Å². The summed E-state index contributed by atoms with van der Waals surface area (Å²) >= 11 is 5.79. The number of halogens is 1. The number of phenols is 1. The molecule has 2 nitrogen and oxygen atoms in total. The van der Waals surface area contributed by atoms with E-state index < -0.39 is 0 Å². The van der Waals surface area contributed by atoms with Gasteiger partial charge in [0.2, 0.25) is 0 Å². The van der Waals surface area contributed by atoms with E-state index in [0.29, 0.717) is 16.1 Å². The van der Waals surface area contributed by atoms with Gasteiger partial charge in [-0.15, -0.1) is 0 Å². The molecule has 0 saturated carbocycles. The maximum atomic E-state index is 9.58. The number of phenolic OH excluding ortho intramolecular Hbond substituents is 1. The first-order chi connectivity index (χ1) is 6.65. The van der Waals surface area contributed by atoms with Crippen LogP contribution < -0.4 is 0 Å². The molecule has 0 saturated heterocycles. The highest BCUT2D eigenvalue weighted by Gasteiger charge is 2.03. The highest BCUT2D eigenvalue weighted by Crippen LogP contribution is 2.25. The molecular formula is C11H8ClNO. The summed E-state index contributed by atoms with van der Waals surface area (Å²) < 4.78 is 0. The van der Waals surface area contributed by atoms with Crippen molar-refractivity contribution < 1.29 is 5.11 Å². The van der Waals surface area contributed by atoms with E-state index in [-0.39, 0.29) is 12.2 Å². The second kappa shape index (κ2) is 4.56. The summed E-state index contributed by atoms with van der Waals surface area (Å²) in [4.78, 5) is 0. The zero-order valence-corrected chi connectivity index (χ0v) is 8.39. The lowest BCUT2D eigenvalue weighted by Crippen LogP contribution is -1.81. The summed E-state index contributed by atoms with van der Waals surface area (Å²) in [6.45, 7) is 1.75. The van der Waals surface area contributed by atoms with Crippen molar-refractivity contribution in [1.29, 1.82) is 5.26 Å². The van der Waals surface area contributed by atoms with Gasteiger partial charge in [0, 0.05) is 5.02 Å². The van der Waals surface area contributed by atoms with Crippen LogP contribution in [0, 0.1) is 30.1 Å². The summed E-state index contributed by atoms with van der Waals surface area (Å²) in [6.07, 6.45) is 0.144. The third-order valence-corrected chi connectivity index (χ3v) is 1.87. The maximum absolute atomic E-state index is 9.58. The van der Waals surface area contributed by atoms with Gasteiger partial charge in [0.25, 0.3) is 0 Å². The molecule has 0 aliphatic rings. The molecule has 0 unspecified atom stereocenters. The lowest BCUT2D eigenvalue weighted by Gasteiger charge is -2.01. The summed E-state index contributed by atoms with van der Waals surface area (Å²) in [5.41, 5.74) is 1.14. The van der Waals surface area contributed by atoms with Gasteiger partial charge >= 0.3 is 0 Å². The molecule has 0 aliphatic heterocycles. The largest absolute Gasteiger partial charge is 0.506 e. The van der Waals surface area contributed by atoms with Crippen LogP contribution in [-0.4, -0.2) is 5.11 Å². The zero-order valence-electron chi connectivity index (χ0n) is 7.63. The summed E-state index contributed by atoms with van der Waals surface area (Å²) in [6, 6.07) is 5.14. The fourth-order valence-corrected chi connectivity index (χ4v) is 1.28. The topological polar surface area (TPSA) is 44.0 Å².